The van der Waals surface area contributed by atoms with Crippen molar-refractivity contribution >= 4 is 22.4 Å². The maximum atomic E-state index is 11.2. The minimum absolute atomic E-state index is 0.231. The zero-order valence-electron chi connectivity index (χ0n) is 11.2. The van der Waals surface area contributed by atoms with E-state index in [1.54, 1.807) is 11.3 Å². The number of methoxy groups -OCH3 is 1. The van der Waals surface area contributed by atoms with Gasteiger partial charge in [0.25, 0.3) is 0 Å². The number of nitrogens with one attached hydrogen (secondary N) is 1. The molecule has 3 rings (SSSR count). The topological polar surface area (TPSA) is 51.2 Å². The van der Waals surface area contributed by atoms with Crippen LogP contribution in [0.25, 0.3) is 0 Å². The van der Waals surface area contributed by atoms with Crippen LogP contribution in [0.4, 0.5) is 5.13 Å². The number of carbonyl (C=O) groups is 1. The van der Waals surface area contributed by atoms with Crippen LogP contribution in [-0.2, 0) is 16.0 Å². The van der Waals surface area contributed by atoms with E-state index in [1.165, 1.54) is 32.8 Å². The highest BCUT2D eigenvalue weighted by Gasteiger charge is 2.41. The molecule has 19 heavy (non-hydrogen) atoms. The summed E-state index contributed by atoms with van der Waals surface area (Å²) in [4.78, 5) is 15.6. The van der Waals surface area contributed by atoms with Crippen molar-refractivity contribution in [1.82, 2.24) is 4.98 Å². The molecule has 2 aliphatic rings. The van der Waals surface area contributed by atoms with Crippen LogP contribution in [-0.4, -0.2) is 24.6 Å². The van der Waals surface area contributed by atoms with Crippen LogP contribution in [0.3, 0.4) is 0 Å². The second-order valence-electron chi connectivity index (χ2n) is 5.62. The van der Waals surface area contributed by atoms with E-state index in [0.717, 1.165) is 35.1 Å². The zero-order chi connectivity index (χ0) is 13.2. The Hall–Kier alpha value is -1.10. The molecule has 1 aromatic rings. The molecule has 0 spiro atoms. The van der Waals surface area contributed by atoms with Crippen molar-refractivity contribution in [3.8, 4) is 0 Å². The molecule has 0 amide bonds. The average molecular weight is 280 g/mol. The first-order chi connectivity index (χ1) is 9.26. The van der Waals surface area contributed by atoms with Crippen molar-refractivity contribution in [2.75, 3.05) is 19.0 Å². The van der Waals surface area contributed by atoms with Gasteiger partial charge in [-0.05, 0) is 43.4 Å². The number of esters is 1. The van der Waals surface area contributed by atoms with Gasteiger partial charge in [-0.15, -0.1) is 11.3 Å². The number of anilines is 1. The van der Waals surface area contributed by atoms with Crippen LogP contribution in [0.2, 0.25) is 0 Å². The quantitative estimate of drug-likeness (QED) is 0.780. The lowest BCUT2D eigenvalue weighted by molar-refractivity contribution is -0.139. The van der Waals surface area contributed by atoms with E-state index >= 15 is 0 Å². The Bertz CT molecular complexity index is 440. The summed E-state index contributed by atoms with van der Waals surface area (Å²) < 4.78 is 4.65. The van der Waals surface area contributed by atoms with E-state index in [2.05, 4.69) is 15.0 Å². The van der Waals surface area contributed by atoms with E-state index in [1.807, 2.05) is 5.38 Å². The van der Waals surface area contributed by atoms with E-state index in [-0.39, 0.29) is 12.4 Å². The fourth-order valence-corrected chi connectivity index (χ4v) is 3.38. The number of hydrogen-bond acceptors (Lipinski definition) is 5. The van der Waals surface area contributed by atoms with Gasteiger partial charge in [-0.1, -0.05) is 0 Å². The summed E-state index contributed by atoms with van der Waals surface area (Å²) in [6.07, 6.45) is 5.91. The van der Waals surface area contributed by atoms with E-state index < -0.39 is 0 Å². The molecular weight excluding hydrogens is 260 g/mol. The highest BCUT2D eigenvalue weighted by atomic mass is 32.1. The van der Waals surface area contributed by atoms with E-state index in [0.29, 0.717) is 0 Å². The number of carbonyl (C=O) groups excluding carboxylic acids is 1. The molecular formula is C14H20N2O2S. The molecule has 0 saturated heterocycles. The van der Waals surface area contributed by atoms with Crippen molar-refractivity contribution in [1.29, 1.82) is 0 Å². The second-order valence-corrected chi connectivity index (χ2v) is 6.47. The largest absolute Gasteiger partial charge is 0.469 e. The molecule has 2 saturated carbocycles. The Balaban J connectivity index is 1.50. The van der Waals surface area contributed by atoms with Gasteiger partial charge in [0, 0.05) is 11.9 Å². The third-order valence-electron chi connectivity index (χ3n) is 4.05. The highest BCUT2D eigenvalue weighted by molar-refractivity contribution is 7.13. The van der Waals surface area contributed by atoms with Crippen LogP contribution < -0.4 is 5.32 Å². The summed E-state index contributed by atoms with van der Waals surface area (Å²) in [5.74, 6) is 2.52. The summed E-state index contributed by atoms with van der Waals surface area (Å²) in [5, 5.41) is 6.32. The van der Waals surface area contributed by atoms with Crippen LogP contribution in [0.5, 0.6) is 0 Å². The van der Waals surface area contributed by atoms with Gasteiger partial charge in [0.15, 0.2) is 5.13 Å². The van der Waals surface area contributed by atoms with Gasteiger partial charge in [-0.25, -0.2) is 4.98 Å². The average Bonchev–Trinajstić information content (AvgIpc) is 3.31. The molecule has 1 N–H and O–H groups in total. The lowest BCUT2D eigenvalue weighted by Crippen LogP contribution is -2.18. The van der Waals surface area contributed by atoms with Crippen molar-refractivity contribution in [3.05, 3.63) is 11.1 Å². The Labute approximate surface area is 117 Å². The van der Waals surface area contributed by atoms with Gasteiger partial charge in [0.1, 0.15) is 0 Å². The number of ether oxygens (including phenoxy) is 1. The lowest BCUT2D eigenvalue weighted by atomic mass is 9.98. The monoisotopic (exact) mass is 280 g/mol. The predicted octanol–water partition coefficient (Wildman–Crippen LogP) is 2.71. The number of aromatic nitrogens is 1. The first kappa shape index (κ1) is 12.9. The number of nitrogens with zero attached hydrogens (tertiary/aromatic N) is 1. The minimum atomic E-state index is -0.231. The first-order valence-corrected chi connectivity index (χ1v) is 7.89. The molecule has 2 aliphatic carbocycles. The van der Waals surface area contributed by atoms with Gasteiger partial charge in [0.2, 0.25) is 0 Å². The molecule has 4 nitrogen and oxygen atoms in total. The SMILES string of the molecule is COC(=O)Cc1csc(NCC(C2CC2)C2CC2)n1. The van der Waals surface area contributed by atoms with Crippen molar-refractivity contribution in [2.24, 2.45) is 17.8 Å². The Morgan fingerprint density at radius 1 is 1.47 bits per heavy atom. The third kappa shape index (κ3) is 3.47. The lowest BCUT2D eigenvalue weighted by Gasteiger charge is -2.15. The fourth-order valence-electron chi connectivity index (χ4n) is 2.66. The van der Waals surface area contributed by atoms with Gasteiger partial charge < -0.3 is 10.1 Å². The molecule has 2 fully saturated rings. The minimum Gasteiger partial charge on any atom is -0.469 e. The van der Waals surface area contributed by atoms with Gasteiger partial charge in [0.05, 0.1) is 19.2 Å². The third-order valence-corrected chi connectivity index (χ3v) is 4.90. The van der Waals surface area contributed by atoms with Crippen molar-refractivity contribution in [3.63, 3.8) is 0 Å². The summed E-state index contributed by atoms with van der Waals surface area (Å²) >= 11 is 1.58. The number of hydrogen-bond donors (Lipinski definition) is 1. The summed E-state index contributed by atoms with van der Waals surface area (Å²) in [6.45, 7) is 1.04. The van der Waals surface area contributed by atoms with Gasteiger partial charge >= 0.3 is 5.97 Å². The zero-order valence-corrected chi connectivity index (χ0v) is 12.0. The highest BCUT2D eigenvalue weighted by Crippen LogP contribution is 2.49. The van der Waals surface area contributed by atoms with E-state index in [4.69, 9.17) is 0 Å². The first-order valence-electron chi connectivity index (χ1n) is 7.01. The summed E-state index contributed by atoms with van der Waals surface area (Å²) in [5.41, 5.74) is 0.800. The number of rotatable bonds is 7. The molecule has 0 radical (unpaired) electrons. The van der Waals surface area contributed by atoms with Crippen LogP contribution in [0.15, 0.2) is 5.38 Å². The molecule has 1 aromatic heterocycles. The van der Waals surface area contributed by atoms with Crippen molar-refractivity contribution in [2.45, 2.75) is 32.1 Å². The Kier molecular flexibility index (Phi) is 3.73. The van der Waals surface area contributed by atoms with Crippen LogP contribution in [0, 0.1) is 17.8 Å². The smallest absolute Gasteiger partial charge is 0.311 e. The molecule has 5 heteroatoms. The van der Waals surface area contributed by atoms with Crippen molar-refractivity contribution < 1.29 is 9.53 Å². The summed E-state index contributed by atoms with van der Waals surface area (Å²) in [7, 11) is 1.41. The maximum absolute atomic E-state index is 11.2. The van der Waals surface area contributed by atoms with Crippen LogP contribution in [0.1, 0.15) is 31.4 Å². The fraction of sp³-hybridized carbons (Fsp3) is 0.714. The molecule has 0 aliphatic heterocycles. The number of thiazole rings is 1. The molecule has 0 atom stereocenters. The molecule has 0 bridgehead atoms. The Morgan fingerprint density at radius 2 is 2.16 bits per heavy atom. The standard InChI is InChI=1S/C14H20N2O2S/c1-18-13(17)6-11-8-19-14(16-11)15-7-12(9-2-3-9)10-4-5-10/h8-10,12H,2-7H2,1H3,(H,15,16). The van der Waals surface area contributed by atoms with Gasteiger partial charge in [-0.3, -0.25) is 4.79 Å². The summed E-state index contributed by atoms with van der Waals surface area (Å²) in [6, 6.07) is 0. The normalized spacial score (nSPS) is 18.6. The van der Waals surface area contributed by atoms with E-state index in [9.17, 15) is 4.79 Å². The van der Waals surface area contributed by atoms with Gasteiger partial charge in [-0.2, -0.15) is 0 Å². The van der Waals surface area contributed by atoms with Crippen LogP contribution >= 0.6 is 11.3 Å². The Morgan fingerprint density at radius 3 is 2.74 bits per heavy atom. The molecule has 0 unspecified atom stereocenters. The maximum Gasteiger partial charge on any atom is 0.311 e. The molecule has 0 aromatic carbocycles. The predicted molar refractivity (Wildman–Crippen MR) is 75.3 cm³/mol. The second kappa shape index (κ2) is 5.49. The molecule has 1 heterocycles. The molecule has 104 valence electrons.